The van der Waals surface area contributed by atoms with E-state index in [1.807, 2.05) is 0 Å². The Kier molecular flexibility index (Phi) is 6.42. The number of para-hydroxylation sites is 1. The fraction of sp³-hybridized carbons (Fsp3) is 0.136. The number of hydrogen-bond acceptors (Lipinski definition) is 7. The van der Waals surface area contributed by atoms with Crippen molar-refractivity contribution in [3.05, 3.63) is 88.0 Å². The van der Waals surface area contributed by atoms with Crippen LogP contribution >= 0.6 is 7.60 Å². The van der Waals surface area contributed by atoms with Crippen molar-refractivity contribution >= 4 is 24.4 Å². The van der Waals surface area contributed by atoms with Gasteiger partial charge >= 0.3 is 13.3 Å². The number of aryl methyl sites for hydroxylation is 1. The number of methoxy groups -OCH3 is 1. The number of hydrogen-bond donors (Lipinski definition) is 0. The maximum Gasteiger partial charge on any atom is 0.463 e. The van der Waals surface area contributed by atoms with Crippen molar-refractivity contribution < 1.29 is 28.1 Å². The number of nitro groups is 1. The zero-order chi connectivity index (χ0) is 22.6. The average Bonchev–Trinajstić information content (AvgIpc) is 2.75. The monoisotopic (exact) mass is 441 g/mol. The minimum Gasteiger partial charge on any atom is -0.493 e. The van der Waals surface area contributed by atoms with Crippen molar-refractivity contribution in [2.75, 3.05) is 7.11 Å². The molecule has 1 atom stereocenters. The molecular formula is C22H20NO7P. The molecule has 9 heteroatoms. The summed E-state index contributed by atoms with van der Waals surface area (Å²) in [4.78, 5) is 22.6. The molecule has 0 aromatic heterocycles. The molecule has 0 saturated heterocycles. The predicted molar refractivity (Wildman–Crippen MR) is 116 cm³/mol. The van der Waals surface area contributed by atoms with Gasteiger partial charge in [-0.05, 0) is 49.7 Å². The number of carbonyl (C=O) groups is 1. The van der Waals surface area contributed by atoms with E-state index < -0.39 is 12.5 Å². The zero-order valence-corrected chi connectivity index (χ0v) is 18.0. The Hall–Kier alpha value is -3.64. The third-order valence-electron chi connectivity index (χ3n) is 4.46. The lowest BCUT2D eigenvalue weighted by Crippen LogP contribution is -2.16. The van der Waals surface area contributed by atoms with Crippen LogP contribution in [0.15, 0.2) is 66.7 Å². The Morgan fingerprint density at radius 3 is 2.29 bits per heavy atom. The van der Waals surface area contributed by atoms with Gasteiger partial charge in [0.2, 0.25) is 5.75 Å². The van der Waals surface area contributed by atoms with Crippen LogP contribution in [0.4, 0.5) is 5.69 Å². The van der Waals surface area contributed by atoms with Gasteiger partial charge in [-0.25, -0.2) is 4.57 Å². The van der Waals surface area contributed by atoms with Crippen LogP contribution in [0.5, 0.6) is 17.2 Å². The number of nitrogens with zero attached hydrogens (tertiary/aromatic N) is 1. The van der Waals surface area contributed by atoms with E-state index in [0.29, 0.717) is 11.1 Å². The van der Waals surface area contributed by atoms with Crippen molar-refractivity contribution in [2.45, 2.75) is 13.8 Å². The molecule has 31 heavy (non-hydrogen) atoms. The van der Waals surface area contributed by atoms with Gasteiger partial charge < -0.3 is 13.8 Å². The number of nitro benzene ring substituents is 1. The molecule has 0 spiro atoms. The van der Waals surface area contributed by atoms with Crippen LogP contribution < -0.4 is 19.1 Å². The summed E-state index contributed by atoms with van der Waals surface area (Å²) in [6.45, 7) is 3.02. The number of Topliss-reactive ketones (excluding diaryl/α,β-unsaturated/α-hetero) is 1. The van der Waals surface area contributed by atoms with Gasteiger partial charge in [0.15, 0.2) is 17.3 Å². The van der Waals surface area contributed by atoms with E-state index in [4.69, 9.17) is 13.8 Å². The minimum absolute atomic E-state index is 0.0657. The van der Waals surface area contributed by atoms with E-state index in [2.05, 4.69) is 0 Å². The molecule has 0 amide bonds. The van der Waals surface area contributed by atoms with E-state index in [1.165, 1.54) is 44.4 Å². The molecule has 0 unspecified atom stereocenters. The first-order chi connectivity index (χ1) is 14.7. The standard InChI is InChI=1S/C22H20NO7P/c1-15-8-7-11-19(23(25)26)22(15)30-31(27,18-9-5-4-6-10-18)29-20-13-12-17(16(2)24)14-21(20)28-3/h4-14H,1-3H3/t31-/m0/s1. The zero-order valence-electron chi connectivity index (χ0n) is 17.1. The smallest absolute Gasteiger partial charge is 0.463 e. The molecular weight excluding hydrogens is 421 g/mol. The molecule has 0 radical (unpaired) electrons. The van der Waals surface area contributed by atoms with Gasteiger partial charge in [0.25, 0.3) is 0 Å². The summed E-state index contributed by atoms with van der Waals surface area (Å²) in [6.07, 6.45) is 0. The summed E-state index contributed by atoms with van der Waals surface area (Å²) in [5.41, 5.74) is 0.473. The first-order valence-corrected chi connectivity index (χ1v) is 10.8. The lowest BCUT2D eigenvalue weighted by Gasteiger charge is -2.22. The van der Waals surface area contributed by atoms with Gasteiger partial charge in [0, 0.05) is 11.6 Å². The predicted octanol–water partition coefficient (Wildman–Crippen LogP) is 5.09. The van der Waals surface area contributed by atoms with Gasteiger partial charge in [-0.15, -0.1) is 0 Å². The first kappa shape index (κ1) is 22.1. The molecule has 0 aliphatic carbocycles. The van der Waals surface area contributed by atoms with Crippen LogP contribution in [-0.2, 0) is 4.57 Å². The van der Waals surface area contributed by atoms with E-state index in [-0.39, 0.29) is 34.0 Å². The number of carbonyl (C=O) groups excluding carboxylic acids is 1. The Balaban J connectivity index is 2.12. The van der Waals surface area contributed by atoms with E-state index in [1.54, 1.807) is 43.3 Å². The van der Waals surface area contributed by atoms with E-state index >= 15 is 0 Å². The number of ether oxygens (including phenoxy) is 1. The molecule has 0 aliphatic rings. The first-order valence-electron chi connectivity index (χ1n) is 9.23. The molecule has 3 aromatic rings. The highest BCUT2D eigenvalue weighted by atomic mass is 31.2. The highest BCUT2D eigenvalue weighted by Crippen LogP contribution is 2.52. The van der Waals surface area contributed by atoms with E-state index in [0.717, 1.165) is 0 Å². The number of benzene rings is 3. The molecule has 160 valence electrons. The van der Waals surface area contributed by atoms with Crippen molar-refractivity contribution in [2.24, 2.45) is 0 Å². The Bertz CT molecular complexity index is 1180. The quantitative estimate of drug-likeness (QED) is 0.207. The fourth-order valence-electron chi connectivity index (χ4n) is 2.85. The molecule has 0 saturated carbocycles. The second-order valence-electron chi connectivity index (χ2n) is 6.62. The third kappa shape index (κ3) is 4.75. The summed E-state index contributed by atoms with van der Waals surface area (Å²) in [5, 5.41) is 11.7. The second-order valence-corrected chi connectivity index (χ2v) is 8.49. The van der Waals surface area contributed by atoms with Gasteiger partial charge in [-0.3, -0.25) is 14.9 Å². The number of rotatable bonds is 8. The fourth-order valence-corrected chi connectivity index (χ4v) is 4.52. The van der Waals surface area contributed by atoms with Crippen molar-refractivity contribution in [1.29, 1.82) is 0 Å². The van der Waals surface area contributed by atoms with Crippen LogP contribution in [-0.4, -0.2) is 17.8 Å². The molecule has 3 aromatic carbocycles. The van der Waals surface area contributed by atoms with Crippen LogP contribution in [0.2, 0.25) is 0 Å². The molecule has 0 fully saturated rings. The molecule has 0 heterocycles. The molecule has 8 nitrogen and oxygen atoms in total. The van der Waals surface area contributed by atoms with Gasteiger partial charge in [0.05, 0.1) is 17.3 Å². The van der Waals surface area contributed by atoms with Crippen LogP contribution in [0.1, 0.15) is 22.8 Å². The van der Waals surface area contributed by atoms with Crippen molar-refractivity contribution in [1.82, 2.24) is 0 Å². The van der Waals surface area contributed by atoms with Crippen LogP contribution in [0, 0.1) is 17.0 Å². The molecule has 0 bridgehead atoms. The third-order valence-corrected chi connectivity index (χ3v) is 6.25. The van der Waals surface area contributed by atoms with E-state index in [9.17, 15) is 19.5 Å². The molecule has 3 rings (SSSR count). The van der Waals surface area contributed by atoms with Crippen LogP contribution in [0.3, 0.4) is 0 Å². The van der Waals surface area contributed by atoms with Gasteiger partial charge in [-0.1, -0.05) is 30.3 Å². The summed E-state index contributed by atoms with van der Waals surface area (Å²) in [6, 6.07) is 16.9. The summed E-state index contributed by atoms with van der Waals surface area (Å²) < 4.78 is 30.8. The maximum atomic E-state index is 14.0. The average molecular weight is 441 g/mol. The highest BCUT2D eigenvalue weighted by molar-refractivity contribution is 7.63. The normalized spacial score (nSPS) is 12.5. The molecule has 0 N–H and O–H groups in total. The Morgan fingerprint density at radius 1 is 0.968 bits per heavy atom. The Morgan fingerprint density at radius 2 is 1.68 bits per heavy atom. The molecule has 0 aliphatic heterocycles. The lowest BCUT2D eigenvalue weighted by atomic mass is 10.1. The maximum absolute atomic E-state index is 14.0. The minimum atomic E-state index is -4.16. The Labute approximate surface area is 179 Å². The second kappa shape index (κ2) is 9.02. The van der Waals surface area contributed by atoms with Gasteiger partial charge in [0.1, 0.15) is 0 Å². The SMILES string of the molecule is COc1cc(C(C)=O)ccc1O[P@](=O)(Oc1c(C)cccc1[N+](=O)[O-])c1ccccc1. The van der Waals surface area contributed by atoms with Crippen molar-refractivity contribution in [3.8, 4) is 17.2 Å². The lowest BCUT2D eigenvalue weighted by molar-refractivity contribution is -0.385. The highest BCUT2D eigenvalue weighted by Gasteiger charge is 2.35. The summed E-state index contributed by atoms with van der Waals surface area (Å²) in [7, 11) is -2.78. The van der Waals surface area contributed by atoms with Crippen molar-refractivity contribution in [3.63, 3.8) is 0 Å². The summed E-state index contributed by atoms with van der Waals surface area (Å²) >= 11 is 0. The topological polar surface area (TPSA) is 105 Å². The van der Waals surface area contributed by atoms with Gasteiger partial charge in [-0.2, -0.15) is 0 Å². The summed E-state index contributed by atoms with van der Waals surface area (Å²) in [5.74, 6) is -0.0930. The van der Waals surface area contributed by atoms with Crippen LogP contribution in [0.25, 0.3) is 0 Å². The largest absolute Gasteiger partial charge is 0.493 e. The number of ketones is 1.